The molecule has 0 fully saturated rings. The van der Waals surface area contributed by atoms with E-state index in [0.717, 1.165) is 5.56 Å². The van der Waals surface area contributed by atoms with Gasteiger partial charge in [0.1, 0.15) is 11.5 Å². The lowest BCUT2D eigenvalue weighted by molar-refractivity contribution is 0.972. The minimum absolute atomic E-state index is 0.0376. The van der Waals surface area contributed by atoms with Gasteiger partial charge in [0.05, 0.1) is 6.33 Å². The summed E-state index contributed by atoms with van der Waals surface area (Å²) in [4.78, 5) is 22.4. The molecule has 5 N–H and O–H groups in total. The number of aromatic nitrogens is 4. The van der Waals surface area contributed by atoms with E-state index >= 15 is 0 Å². The van der Waals surface area contributed by atoms with E-state index in [1.807, 2.05) is 12.1 Å². The van der Waals surface area contributed by atoms with Crippen LogP contribution < -0.4 is 17.0 Å². The van der Waals surface area contributed by atoms with Crippen LogP contribution in [0, 0.1) is 0 Å². The summed E-state index contributed by atoms with van der Waals surface area (Å²) in [5.74, 6) is 0.950. The van der Waals surface area contributed by atoms with Crippen LogP contribution in [0.15, 0.2) is 47.8 Å². The molecule has 0 saturated heterocycles. The van der Waals surface area contributed by atoms with Crippen LogP contribution in [0.25, 0.3) is 17.2 Å². The molecule has 3 rings (SSSR count). The summed E-state index contributed by atoms with van der Waals surface area (Å²) in [5, 5.41) is 0. The Balaban J connectivity index is 2.20. The molecule has 0 aliphatic heterocycles. The normalized spacial score (nSPS) is 10.6. The molecule has 0 saturated carbocycles. The van der Waals surface area contributed by atoms with Gasteiger partial charge in [-0.25, -0.2) is 9.97 Å². The number of nitrogens with two attached hydrogens (primary N) is 2. The van der Waals surface area contributed by atoms with Crippen LogP contribution in [-0.4, -0.2) is 19.5 Å². The molecule has 0 aliphatic rings. The van der Waals surface area contributed by atoms with Gasteiger partial charge in [0.15, 0.2) is 5.82 Å². The molecule has 1 aromatic carbocycles. The Kier molecular flexibility index (Phi) is 2.72. The van der Waals surface area contributed by atoms with Crippen LogP contribution in [-0.2, 0) is 0 Å². The minimum Gasteiger partial charge on any atom is -0.399 e. The predicted octanol–water partition coefficient (Wildman–Crippen LogP) is 0.787. The number of nitrogens with zero attached hydrogens (tertiary/aromatic N) is 3. The Morgan fingerprint density at radius 3 is 2.85 bits per heavy atom. The number of rotatable bonds is 2. The van der Waals surface area contributed by atoms with Gasteiger partial charge in [-0.15, -0.1) is 0 Å². The molecule has 100 valence electrons. The number of hydrogen-bond acceptors (Lipinski definition) is 5. The van der Waals surface area contributed by atoms with Crippen LogP contribution in [0.1, 0.15) is 0 Å². The number of nitrogen functional groups attached to an aromatic ring is 2. The smallest absolute Gasteiger partial charge is 0.276 e. The van der Waals surface area contributed by atoms with E-state index in [1.54, 1.807) is 29.1 Å². The fourth-order valence-corrected chi connectivity index (χ4v) is 1.96. The lowest BCUT2D eigenvalue weighted by Gasteiger charge is -2.09. The minimum atomic E-state index is -0.387. The standard InChI is InChI=1S/C13H12N6O/c14-9-3-1-2-8(6-9)11-16-4-5-19(11)12-10(15)13(20)18-7-17-12/h1-7H,14-15H2,(H,17,18,20). The number of aromatic amines is 1. The topological polar surface area (TPSA) is 116 Å². The molecule has 0 aliphatic carbocycles. The lowest BCUT2D eigenvalue weighted by Crippen LogP contribution is -2.16. The summed E-state index contributed by atoms with van der Waals surface area (Å²) in [6.07, 6.45) is 4.61. The summed E-state index contributed by atoms with van der Waals surface area (Å²) in [7, 11) is 0. The van der Waals surface area contributed by atoms with Crippen molar-refractivity contribution in [2.75, 3.05) is 11.5 Å². The van der Waals surface area contributed by atoms with Crippen LogP contribution in [0.4, 0.5) is 11.4 Å². The molecule has 0 atom stereocenters. The molecule has 3 aromatic rings. The molecule has 0 radical (unpaired) electrons. The third-order valence-corrected chi connectivity index (χ3v) is 2.88. The molecule has 0 spiro atoms. The summed E-state index contributed by atoms with van der Waals surface area (Å²) in [6, 6.07) is 7.29. The molecule has 7 nitrogen and oxygen atoms in total. The summed E-state index contributed by atoms with van der Waals surface area (Å²) in [6.45, 7) is 0. The zero-order valence-corrected chi connectivity index (χ0v) is 10.4. The van der Waals surface area contributed by atoms with Crippen molar-refractivity contribution in [2.45, 2.75) is 0 Å². The highest BCUT2D eigenvalue weighted by Crippen LogP contribution is 2.23. The van der Waals surface area contributed by atoms with Crippen molar-refractivity contribution in [3.8, 4) is 17.2 Å². The van der Waals surface area contributed by atoms with Crippen LogP contribution in [0.2, 0.25) is 0 Å². The van der Waals surface area contributed by atoms with Gasteiger partial charge < -0.3 is 16.5 Å². The van der Waals surface area contributed by atoms with Gasteiger partial charge >= 0.3 is 0 Å². The maximum absolute atomic E-state index is 11.6. The number of benzene rings is 1. The molecule has 0 bridgehead atoms. The lowest BCUT2D eigenvalue weighted by atomic mass is 10.2. The second-order valence-electron chi connectivity index (χ2n) is 4.22. The maximum Gasteiger partial charge on any atom is 0.276 e. The van der Waals surface area contributed by atoms with Crippen molar-refractivity contribution in [3.05, 3.63) is 53.3 Å². The Hall–Kier alpha value is -3.09. The molecule has 7 heteroatoms. The maximum atomic E-state index is 11.6. The van der Waals surface area contributed by atoms with Crippen molar-refractivity contribution in [2.24, 2.45) is 0 Å². The Labute approximate surface area is 113 Å². The summed E-state index contributed by atoms with van der Waals surface area (Å²) in [5.41, 5.74) is 12.6. The van der Waals surface area contributed by atoms with E-state index in [4.69, 9.17) is 11.5 Å². The van der Waals surface area contributed by atoms with Crippen LogP contribution >= 0.6 is 0 Å². The quantitative estimate of drug-likeness (QED) is 0.594. The number of H-pyrrole nitrogens is 1. The average molecular weight is 268 g/mol. The van der Waals surface area contributed by atoms with Gasteiger partial charge in [-0.1, -0.05) is 12.1 Å². The highest BCUT2D eigenvalue weighted by Gasteiger charge is 2.12. The van der Waals surface area contributed by atoms with Gasteiger partial charge in [-0.05, 0) is 12.1 Å². The Morgan fingerprint density at radius 2 is 2.05 bits per heavy atom. The molecule has 0 unspecified atom stereocenters. The fourth-order valence-electron chi connectivity index (χ4n) is 1.96. The monoisotopic (exact) mass is 268 g/mol. The SMILES string of the molecule is Nc1cccc(-c2nccn2-c2nc[nH]c(=O)c2N)c1. The van der Waals surface area contributed by atoms with Crippen molar-refractivity contribution >= 4 is 11.4 Å². The van der Waals surface area contributed by atoms with Crippen LogP contribution in [0.5, 0.6) is 0 Å². The van der Waals surface area contributed by atoms with Crippen molar-refractivity contribution in [3.63, 3.8) is 0 Å². The molecule has 0 amide bonds. The van der Waals surface area contributed by atoms with Gasteiger partial charge in [-0.3, -0.25) is 9.36 Å². The highest BCUT2D eigenvalue weighted by molar-refractivity contribution is 5.65. The first kappa shape index (κ1) is 12.0. The van der Waals surface area contributed by atoms with E-state index in [1.165, 1.54) is 6.33 Å². The van der Waals surface area contributed by atoms with Gasteiger partial charge in [0, 0.05) is 23.6 Å². The molecular weight excluding hydrogens is 256 g/mol. The van der Waals surface area contributed by atoms with Crippen molar-refractivity contribution in [1.29, 1.82) is 0 Å². The first-order valence-electron chi connectivity index (χ1n) is 5.89. The van der Waals surface area contributed by atoms with Gasteiger partial charge in [0.2, 0.25) is 0 Å². The second-order valence-corrected chi connectivity index (χ2v) is 4.22. The second kappa shape index (κ2) is 4.54. The van der Waals surface area contributed by atoms with Crippen molar-refractivity contribution in [1.82, 2.24) is 19.5 Å². The average Bonchev–Trinajstić information content (AvgIpc) is 2.91. The third kappa shape index (κ3) is 1.91. The predicted molar refractivity (Wildman–Crippen MR) is 76.2 cm³/mol. The fraction of sp³-hybridized carbons (Fsp3) is 0. The first-order chi connectivity index (χ1) is 9.66. The van der Waals surface area contributed by atoms with E-state index in [0.29, 0.717) is 17.3 Å². The molecule has 2 aromatic heterocycles. The zero-order chi connectivity index (χ0) is 14.1. The number of imidazole rings is 1. The number of nitrogens with one attached hydrogen (secondary N) is 1. The van der Waals surface area contributed by atoms with E-state index in [9.17, 15) is 4.79 Å². The van der Waals surface area contributed by atoms with E-state index in [-0.39, 0.29) is 11.2 Å². The largest absolute Gasteiger partial charge is 0.399 e. The van der Waals surface area contributed by atoms with E-state index in [2.05, 4.69) is 15.0 Å². The number of anilines is 2. The van der Waals surface area contributed by atoms with Gasteiger partial charge in [0.25, 0.3) is 5.56 Å². The zero-order valence-electron chi connectivity index (χ0n) is 10.4. The molecule has 2 heterocycles. The summed E-state index contributed by atoms with van der Waals surface area (Å²) < 4.78 is 1.65. The molecule has 20 heavy (non-hydrogen) atoms. The third-order valence-electron chi connectivity index (χ3n) is 2.88. The van der Waals surface area contributed by atoms with Gasteiger partial charge in [-0.2, -0.15) is 0 Å². The first-order valence-corrected chi connectivity index (χ1v) is 5.89. The van der Waals surface area contributed by atoms with Crippen molar-refractivity contribution < 1.29 is 0 Å². The van der Waals surface area contributed by atoms with E-state index < -0.39 is 0 Å². The molecular formula is C13H12N6O. The number of hydrogen-bond donors (Lipinski definition) is 3. The Morgan fingerprint density at radius 1 is 1.20 bits per heavy atom. The highest BCUT2D eigenvalue weighted by atomic mass is 16.1. The van der Waals surface area contributed by atoms with Crippen LogP contribution in [0.3, 0.4) is 0 Å². The Bertz CT molecular complexity index is 819. The summed E-state index contributed by atoms with van der Waals surface area (Å²) >= 11 is 0.